The number of benzene rings is 1. The van der Waals surface area contributed by atoms with E-state index >= 15 is 0 Å². The van der Waals surface area contributed by atoms with Crippen molar-refractivity contribution in [1.82, 2.24) is 9.97 Å². The fraction of sp³-hybridized carbons (Fsp3) is 0.167. The summed E-state index contributed by atoms with van der Waals surface area (Å²) in [7, 11) is 0. The summed E-state index contributed by atoms with van der Waals surface area (Å²) in [6, 6.07) is 11.1. The second-order valence-electron chi connectivity index (χ2n) is 5.55. The first-order chi connectivity index (χ1) is 12.0. The van der Waals surface area contributed by atoms with Crippen molar-refractivity contribution in [2.24, 2.45) is 0 Å². The van der Waals surface area contributed by atoms with Gasteiger partial charge >= 0.3 is 0 Å². The number of nitrogens with zero attached hydrogens (tertiary/aromatic N) is 3. The van der Waals surface area contributed by atoms with Gasteiger partial charge in [0.1, 0.15) is 0 Å². The van der Waals surface area contributed by atoms with E-state index in [9.17, 15) is 9.60 Å². The van der Waals surface area contributed by atoms with Gasteiger partial charge in [-0.1, -0.05) is 28.1 Å². The molecule has 1 N–H and O–H groups in total. The maximum absolute atomic E-state index is 14.3. The molecule has 0 radical (unpaired) electrons. The quantitative estimate of drug-likeness (QED) is 0.522. The molecule has 0 unspecified atom stereocenters. The Bertz CT molecular complexity index is 887. The largest absolute Gasteiger partial charge is 0.619 e. The van der Waals surface area contributed by atoms with E-state index in [1.807, 2.05) is 30.3 Å². The van der Waals surface area contributed by atoms with Gasteiger partial charge in [0.15, 0.2) is 29.9 Å². The Morgan fingerprint density at radius 3 is 2.68 bits per heavy atom. The molecule has 0 aliphatic rings. The number of halogens is 2. The Morgan fingerprint density at radius 2 is 1.96 bits per heavy atom. The van der Waals surface area contributed by atoms with Gasteiger partial charge in [-0.2, -0.15) is 4.73 Å². The molecule has 0 atom stereocenters. The number of pyridine rings is 1. The maximum atomic E-state index is 14.3. The maximum Gasteiger partial charge on any atom is 0.186 e. The molecule has 128 valence electrons. The number of rotatable bonds is 5. The van der Waals surface area contributed by atoms with E-state index in [4.69, 9.17) is 0 Å². The van der Waals surface area contributed by atoms with Crippen molar-refractivity contribution in [2.45, 2.75) is 13.3 Å². The molecule has 5 nitrogen and oxygen atoms in total. The first kappa shape index (κ1) is 17.3. The zero-order valence-corrected chi connectivity index (χ0v) is 15.1. The van der Waals surface area contributed by atoms with Crippen LogP contribution in [0.4, 0.5) is 10.2 Å². The van der Waals surface area contributed by atoms with Crippen LogP contribution in [-0.4, -0.2) is 16.5 Å². The Morgan fingerprint density at radius 1 is 1.20 bits per heavy atom. The van der Waals surface area contributed by atoms with E-state index in [0.29, 0.717) is 18.8 Å². The highest BCUT2D eigenvalue weighted by atomic mass is 79.9. The molecule has 0 aliphatic heterocycles. The number of nitrogens with one attached hydrogen (secondary N) is 1. The van der Waals surface area contributed by atoms with Crippen LogP contribution in [0.3, 0.4) is 0 Å². The molecule has 1 aromatic carbocycles. The van der Waals surface area contributed by atoms with Crippen LogP contribution < -0.4 is 10.0 Å². The minimum absolute atomic E-state index is 0.163. The molecule has 0 bridgehead atoms. The molecule has 0 saturated carbocycles. The van der Waals surface area contributed by atoms with Crippen molar-refractivity contribution in [3.05, 3.63) is 75.5 Å². The van der Waals surface area contributed by atoms with E-state index in [1.54, 1.807) is 13.0 Å². The van der Waals surface area contributed by atoms with Crippen molar-refractivity contribution in [3.8, 4) is 11.4 Å². The molecule has 2 aromatic heterocycles. The summed E-state index contributed by atoms with van der Waals surface area (Å²) in [5.41, 5.74) is 1.96. The van der Waals surface area contributed by atoms with Gasteiger partial charge in [-0.25, -0.2) is 14.4 Å². The number of aryl methyl sites for hydroxylation is 1. The lowest BCUT2D eigenvalue weighted by molar-refractivity contribution is -0.605. The van der Waals surface area contributed by atoms with E-state index in [1.165, 1.54) is 12.4 Å². The van der Waals surface area contributed by atoms with Crippen molar-refractivity contribution in [1.29, 1.82) is 0 Å². The Balaban J connectivity index is 1.77. The Labute approximate surface area is 153 Å². The van der Waals surface area contributed by atoms with E-state index in [-0.39, 0.29) is 11.5 Å². The topological polar surface area (TPSA) is 64.8 Å². The van der Waals surface area contributed by atoms with Gasteiger partial charge in [0.05, 0.1) is 5.69 Å². The van der Waals surface area contributed by atoms with E-state index < -0.39 is 5.82 Å². The zero-order chi connectivity index (χ0) is 17.8. The number of aromatic nitrogens is 3. The molecular weight excluding hydrogens is 387 g/mol. The molecule has 7 heteroatoms. The van der Waals surface area contributed by atoms with Crippen LogP contribution in [0.2, 0.25) is 0 Å². The highest BCUT2D eigenvalue weighted by molar-refractivity contribution is 9.10. The number of hydrogen-bond donors (Lipinski definition) is 1. The predicted octanol–water partition coefficient (Wildman–Crippen LogP) is 3.64. The van der Waals surface area contributed by atoms with Crippen LogP contribution in [0.15, 0.2) is 53.3 Å². The van der Waals surface area contributed by atoms with Gasteiger partial charge in [-0.05, 0) is 31.5 Å². The van der Waals surface area contributed by atoms with Gasteiger partial charge in [0.25, 0.3) is 0 Å². The normalized spacial score (nSPS) is 10.7. The third-order valence-corrected chi connectivity index (χ3v) is 4.19. The SMILES string of the molecule is Cc1nc(-c2ccc(Br)cc2)nc(NCCc2ccc[n+]([O-])c2)c1F. The third-order valence-electron chi connectivity index (χ3n) is 3.66. The molecule has 3 aromatic rings. The fourth-order valence-electron chi connectivity index (χ4n) is 2.38. The number of anilines is 1. The molecule has 0 saturated heterocycles. The van der Waals surface area contributed by atoms with Gasteiger partial charge in [0.2, 0.25) is 0 Å². The lowest BCUT2D eigenvalue weighted by Crippen LogP contribution is -2.25. The Hall–Kier alpha value is -2.54. The van der Waals surface area contributed by atoms with Crippen molar-refractivity contribution in [2.75, 3.05) is 11.9 Å². The van der Waals surface area contributed by atoms with Crippen molar-refractivity contribution >= 4 is 21.7 Å². The molecule has 0 spiro atoms. The van der Waals surface area contributed by atoms with Crippen LogP contribution in [0.1, 0.15) is 11.3 Å². The van der Waals surface area contributed by atoms with Crippen molar-refractivity contribution in [3.63, 3.8) is 0 Å². The first-order valence-electron chi connectivity index (χ1n) is 7.74. The molecule has 0 aliphatic carbocycles. The molecular formula is C18H16BrFN4O. The van der Waals surface area contributed by atoms with Gasteiger partial charge in [-0.15, -0.1) is 0 Å². The van der Waals surface area contributed by atoms with Gasteiger partial charge in [0, 0.05) is 28.2 Å². The third kappa shape index (κ3) is 4.30. The highest BCUT2D eigenvalue weighted by Crippen LogP contribution is 2.22. The average molecular weight is 403 g/mol. The molecule has 0 fully saturated rings. The minimum atomic E-state index is -0.465. The first-order valence-corrected chi connectivity index (χ1v) is 8.54. The standard InChI is InChI=1S/C18H16BrFN4O/c1-12-16(20)18(21-9-8-13-3-2-10-24(25)11-13)23-17(22-12)14-4-6-15(19)7-5-14/h2-7,10-11H,8-9H2,1H3,(H,21,22,23). The van der Waals surface area contributed by atoms with Crippen LogP contribution in [0, 0.1) is 17.9 Å². The van der Waals surface area contributed by atoms with E-state index in [2.05, 4.69) is 31.2 Å². The molecule has 25 heavy (non-hydrogen) atoms. The summed E-state index contributed by atoms with van der Waals surface area (Å²) in [4.78, 5) is 8.53. The minimum Gasteiger partial charge on any atom is -0.619 e. The highest BCUT2D eigenvalue weighted by Gasteiger charge is 2.12. The molecule has 2 heterocycles. The van der Waals surface area contributed by atoms with E-state index in [0.717, 1.165) is 20.3 Å². The summed E-state index contributed by atoms with van der Waals surface area (Å²) in [5.74, 6) is 0.162. The second-order valence-corrected chi connectivity index (χ2v) is 6.47. The predicted molar refractivity (Wildman–Crippen MR) is 97.5 cm³/mol. The van der Waals surface area contributed by atoms with Crippen LogP contribution in [0.5, 0.6) is 0 Å². The lowest BCUT2D eigenvalue weighted by atomic mass is 10.2. The van der Waals surface area contributed by atoms with Crippen molar-refractivity contribution < 1.29 is 9.12 Å². The monoisotopic (exact) mass is 402 g/mol. The van der Waals surface area contributed by atoms with Crippen LogP contribution in [0.25, 0.3) is 11.4 Å². The fourth-order valence-corrected chi connectivity index (χ4v) is 2.64. The Kier molecular flexibility index (Phi) is 5.23. The van der Waals surface area contributed by atoms with Crippen LogP contribution >= 0.6 is 15.9 Å². The molecule has 0 amide bonds. The zero-order valence-electron chi connectivity index (χ0n) is 13.5. The summed E-state index contributed by atoms with van der Waals surface area (Å²) < 4.78 is 16.0. The van der Waals surface area contributed by atoms with Gasteiger partial charge < -0.3 is 10.5 Å². The summed E-state index contributed by atoms with van der Waals surface area (Å²) in [6.45, 7) is 2.07. The van der Waals surface area contributed by atoms with Crippen LogP contribution in [-0.2, 0) is 6.42 Å². The number of hydrogen-bond acceptors (Lipinski definition) is 4. The summed E-state index contributed by atoms with van der Waals surface area (Å²) in [6.07, 6.45) is 3.50. The second kappa shape index (κ2) is 7.57. The summed E-state index contributed by atoms with van der Waals surface area (Å²) in [5, 5.41) is 14.3. The van der Waals surface area contributed by atoms with Gasteiger partial charge in [-0.3, -0.25) is 0 Å². The average Bonchev–Trinajstić information content (AvgIpc) is 2.59. The lowest BCUT2D eigenvalue weighted by Gasteiger charge is -2.10. The summed E-state index contributed by atoms with van der Waals surface area (Å²) >= 11 is 3.38. The smallest absolute Gasteiger partial charge is 0.186 e. The molecule has 3 rings (SSSR count).